The van der Waals surface area contributed by atoms with Crippen molar-refractivity contribution in [2.24, 2.45) is 0 Å². The average molecular weight is 386 g/mol. The van der Waals surface area contributed by atoms with Crippen LogP contribution in [0.25, 0.3) is 0 Å². The van der Waals surface area contributed by atoms with Crippen molar-refractivity contribution in [1.29, 1.82) is 5.26 Å². The second kappa shape index (κ2) is 10.1. The van der Waals surface area contributed by atoms with Gasteiger partial charge in [-0.2, -0.15) is 5.26 Å². The quantitative estimate of drug-likeness (QED) is 0.512. The molecule has 140 valence electrons. The minimum atomic E-state index is -0.539. The zero-order valence-corrected chi connectivity index (χ0v) is 15.8. The molecule has 0 unspecified atom stereocenters. The standard InChI is InChI=1S/C20H20ClN3O3/c1-3-26-18-9-8-16(11-19(18)27-4-2)23-13-14(12-22)20(25)24-17-7-5-6-15(21)10-17/h5-11,13,23H,3-4H2,1-2H3,(H,24,25)/b14-13-. The summed E-state index contributed by atoms with van der Waals surface area (Å²) in [5.41, 5.74) is 1.08. The minimum absolute atomic E-state index is 0.0816. The van der Waals surface area contributed by atoms with Crippen LogP contribution in [-0.4, -0.2) is 19.1 Å². The van der Waals surface area contributed by atoms with Crippen molar-refractivity contribution in [2.45, 2.75) is 13.8 Å². The van der Waals surface area contributed by atoms with Gasteiger partial charge in [-0.25, -0.2) is 0 Å². The number of carbonyl (C=O) groups is 1. The van der Waals surface area contributed by atoms with E-state index in [9.17, 15) is 10.1 Å². The SMILES string of the molecule is CCOc1ccc(N/C=C(/C#N)C(=O)Nc2cccc(Cl)c2)cc1OCC. The molecule has 0 fully saturated rings. The second-order valence-corrected chi connectivity index (χ2v) is 5.74. The largest absolute Gasteiger partial charge is 0.490 e. The summed E-state index contributed by atoms with van der Waals surface area (Å²) in [7, 11) is 0. The van der Waals surface area contributed by atoms with Crippen LogP contribution in [0, 0.1) is 11.3 Å². The predicted octanol–water partition coefficient (Wildman–Crippen LogP) is 4.60. The third kappa shape index (κ3) is 5.94. The second-order valence-electron chi connectivity index (χ2n) is 5.31. The van der Waals surface area contributed by atoms with Gasteiger partial charge < -0.3 is 20.1 Å². The number of ether oxygens (including phenoxy) is 2. The molecule has 7 heteroatoms. The average Bonchev–Trinajstić information content (AvgIpc) is 2.64. The fourth-order valence-electron chi connectivity index (χ4n) is 2.21. The normalized spacial score (nSPS) is 10.7. The van der Waals surface area contributed by atoms with Gasteiger partial charge in [0.25, 0.3) is 5.91 Å². The Bertz CT molecular complexity index is 875. The molecule has 6 nitrogen and oxygen atoms in total. The number of halogens is 1. The Kier molecular flexibility index (Phi) is 7.53. The van der Waals surface area contributed by atoms with E-state index in [0.29, 0.717) is 41.1 Å². The Morgan fingerprint density at radius 3 is 2.52 bits per heavy atom. The highest BCUT2D eigenvalue weighted by molar-refractivity contribution is 6.31. The van der Waals surface area contributed by atoms with Gasteiger partial charge in [0.1, 0.15) is 11.6 Å². The molecule has 0 atom stereocenters. The summed E-state index contributed by atoms with van der Waals surface area (Å²) in [6, 6.07) is 13.9. The van der Waals surface area contributed by atoms with Crippen molar-refractivity contribution in [2.75, 3.05) is 23.8 Å². The highest BCUT2D eigenvalue weighted by atomic mass is 35.5. The molecule has 0 radical (unpaired) electrons. The molecule has 1 amide bonds. The first-order chi connectivity index (χ1) is 13.1. The number of hydrogen-bond acceptors (Lipinski definition) is 5. The van der Waals surface area contributed by atoms with Crippen LogP contribution < -0.4 is 20.1 Å². The van der Waals surface area contributed by atoms with Gasteiger partial charge >= 0.3 is 0 Å². The highest BCUT2D eigenvalue weighted by Gasteiger charge is 2.10. The Balaban J connectivity index is 2.12. The number of nitriles is 1. The number of benzene rings is 2. The lowest BCUT2D eigenvalue weighted by Crippen LogP contribution is -2.14. The van der Waals surface area contributed by atoms with Crippen LogP contribution in [0.1, 0.15) is 13.8 Å². The van der Waals surface area contributed by atoms with Crippen LogP contribution in [0.4, 0.5) is 11.4 Å². The Morgan fingerprint density at radius 1 is 1.11 bits per heavy atom. The van der Waals surface area contributed by atoms with E-state index in [2.05, 4.69) is 10.6 Å². The van der Waals surface area contributed by atoms with Gasteiger partial charge in [0.05, 0.1) is 13.2 Å². The third-order valence-electron chi connectivity index (χ3n) is 3.37. The van der Waals surface area contributed by atoms with Crippen LogP contribution in [0.2, 0.25) is 5.02 Å². The minimum Gasteiger partial charge on any atom is -0.490 e. The summed E-state index contributed by atoms with van der Waals surface area (Å²) in [6.45, 7) is 4.78. The number of hydrogen-bond donors (Lipinski definition) is 2. The monoisotopic (exact) mass is 385 g/mol. The van der Waals surface area contributed by atoms with Crippen molar-refractivity contribution in [3.8, 4) is 17.6 Å². The summed E-state index contributed by atoms with van der Waals surface area (Å²) in [4.78, 5) is 12.3. The molecule has 2 aromatic rings. The topological polar surface area (TPSA) is 83.4 Å². The lowest BCUT2D eigenvalue weighted by molar-refractivity contribution is -0.112. The molecule has 0 aliphatic carbocycles. The first-order valence-electron chi connectivity index (χ1n) is 8.40. The number of nitrogens with zero attached hydrogens (tertiary/aromatic N) is 1. The predicted molar refractivity (Wildman–Crippen MR) is 106 cm³/mol. The molecule has 0 saturated carbocycles. The lowest BCUT2D eigenvalue weighted by atomic mass is 10.2. The highest BCUT2D eigenvalue weighted by Crippen LogP contribution is 2.30. The van der Waals surface area contributed by atoms with Gasteiger partial charge in [-0.05, 0) is 44.2 Å². The van der Waals surface area contributed by atoms with E-state index in [4.69, 9.17) is 21.1 Å². The van der Waals surface area contributed by atoms with Gasteiger partial charge in [-0.1, -0.05) is 17.7 Å². The number of amides is 1. The number of carbonyl (C=O) groups excluding carboxylic acids is 1. The van der Waals surface area contributed by atoms with Crippen LogP contribution >= 0.6 is 11.6 Å². The van der Waals surface area contributed by atoms with Crippen LogP contribution in [-0.2, 0) is 4.79 Å². The van der Waals surface area contributed by atoms with Gasteiger partial charge in [-0.15, -0.1) is 0 Å². The molecule has 2 rings (SSSR count). The first-order valence-corrected chi connectivity index (χ1v) is 8.78. The maximum absolute atomic E-state index is 12.3. The molecule has 0 spiro atoms. The van der Waals surface area contributed by atoms with Gasteiger partial charge in [0.15, 0.2) is 11.5 Å². The Hall–Kier alpha value is -3.17. The summed E-state index contributed by atoms with van der Waals surface area (Å²) in [5.74, 6) is 0.677. The smallest absolute Gasteiger partial charge is 0.267 e. The van der Waals surface area contributed by atoms with E-state index < -0.39 is 5.91 Å². The summed E-state index contributed by atoms with van der Waals surface area (Å²) in [5, 5.41) is 15.3. The van der Waals surface area contributed by atoms with E-state index in [1.54, 1.807) is 42.5 Å². The Morgan fingerprint density at radius 2 is 1.85 bits per heavy atom. The molecular weight excluding hydrogens is 366 g/mol. The number of nitrogens with one attached hydrogen (secondary N) is 2. The summed E-state index contributed by atoms with van der Waals surface area (Å²) < 4.78 is 11.1. The van der Waals surface area contributed by atoms with Crippen molar-refractivity contribution < 1.29 is 14.3 Å². The zero-order chi connectivity index (χ0) is 19.6. The van der Waals surface area contributed by atoms with Crippen LogP contribution in [0.15, 0.2) is 54.2 Å². The maximum Gasteiger partial charge on any atom is 0.267 e. The molecule has 27 heavy (non-hydrogen) atoms. The summed E-state index contributed by atoms with van der Waals surface area (Å²) in [6.07, 6.45) is 1.34. The van der Waals surface area contributed by atoms with Gasteiger partial charge in [-0.3, -0.25) is 4.79 Å². The molecule has 0 aliphatic heterocycles. The van der Waals surface area contributed by atoms with Gasteiger partial charge in [0, 0.05) is 28.7 Å². The molecule has 0 saturated heterocycles. The fourth-order valence-corrected chi connectivity index (χ4v) is 2.40. The van der Waals surface area contributed by atoms with Crippen molar-refractivity contribution >= 4 is 28.9 Å². The van der Waals surface area contributed by atoms with E-state index in [0.717, 1.165) is 0 Å². The van der Waals surface area contributed by atoms with Gasteiger partial charge in [0.2, 0.25) is 0 Å². The zero-order valence-electron chi connectivity index (χ0n) is 15.1. The molecule has 0 aromatic heterocycles. The third-order valence-corrected chi connectivity index (χ3v) is 3.61. The van der Waals surface area contributed by atoms with Crippen LogP contribution in [0.3, 0.4) is 0 Å². The molecule has 0 aliphatic rings. The molecular formula is C20H20ClN3O3. The molecule has 0 bridgehead atoms. The summed E-state index contributed by atoms with van der Waals surface area (Å²) >= 11 is 5.89. The van der Waals surface area contributed by atoms with Crippen LogP contribution in [0.5, 0.6) is 11.5 Å². The molecule has 2 N–H and O–H groups in total. The maximum atomic E-state index is 12.3. The van der Waals surface area contributed by atoms with E-state index in [1.807, 2.05) is 19.9 Å². The number of anilines is 2. The molecule has 0 heterocycles. The van der Waals surface area contributed by atoms with E-state index >= 15 is 0 Å². The molecule has 2 aromatic carbocycles. The van der Waals surface area contributed by atoms with E-state index in [1.165, 1.54) is 6.20 Å². The Labute approximate surface area is 163 Å². The lowest BCUT2D eigenvalue weighted by Gasteiger charge is -2.12. The first kappa shape index (κ1) is 20.1. The fraction of sp³-hybridized carbons (Fsp3) is 0.200. The van der Waals surface area contributed by atoms with Crippen molar-refractivity contribution in [3.05, 3.63) is 59.3 Å². The van der Waals surface area contributed by atoms with Crippen molar-refractivity contribution in [3.63, 3.8) is 0 Å². The number of rotatable bonds is 8. The van der Waals surface area contributed by atoms with E-state index in [-0.39, 0.29) is 5.57 Å². The van der Waals surface area contributed by atoms with Crippen molar-refractivity contribution in [1.82, 2.24) is 0 Å².